The van der Waals surface area contributed by atoms with E-state index in [1.54, 1.807) is 0 Å². The van der Waals surface area contributed by atoms with Gasteiger partial charge in [-0.25, -0.2) is 0 Å². The minimum atomic E-state index is -0.350. The van der Waals surface area contributed by atoms with Crippen molar-refractivity contribution in [2.45, 2.75) is 79.2 Å². The van der Waals surface area contributed by atoms with Crippen LogP contribution < -0.4 is 5.73 Å². The molecule has 0 saturated carbocycles. The highest BCUT2D eigenvalue weighted by Gasteiger charge is 2.28. The first-order valence-corrected chi connectivity index (χ1v) is 9.58. The number of benzene rings is 1. The van der Waals surface area contributed by atoms with E-state index in [1.165, 1.54) is 27.8 Å². The van der Waals surface area contributed by atoms with E-state index in [0.717, 1.165) is 37.7 Å². The number of hydrogen-bond donors (Lipinski definition) is 1. The minimum absolute atomic E-state index is 0.350. The summed E-state index contributed by atoms with van der Waals surface area (Å²) in [7, 11) is 0. The minimum Gasteiger partial charge on any atom is -0.321 e. The topological polar surface area (TPSA) is 26.0 Å². The van der Waals surface area contributed by atoms with Crippen LogP contribution in [0.3, 0.4) is 0 Å². The molecule has 1 aromatic rings. The van der Waals surface area contributed by atoms with Crippen LogP contribution in [0.2, 0.25) is 0 Å². The van der Waals surface area contributed by atoms with Gasteiger partial charge in [0.25, 0.3) is 0 Å². The molecule has 0 aliphatic rings. The zero-order chi connectivity index (χ0) is 19.0. The molecule has 1 rings (SSSR count). The second kappa shape index (κ2) is 9.77. The van der Waals surface area contributed by atoms with Gasteiger partial charge in [0.2, 0.25) is 0 Å². The van der Waals surface area contributed by atoms with Crippen molar-refractivity contribution in [3.63, 3.8) is 0 Å². The number of allylic oxidation sites excluding steroid dienone is 3. The molecule has 1 heteroatoms. The Kier molecular flexibility index (Phi) is 8.38. The highest BCUT2D eigenvalue weighted by atomic mass is 14.7. The zero-order valence-electron chi connectivity index (χ0n) is 17.2. The van der Waals surface area contributed by atoms with Crippen LogP contribution in [0.15, 0.2) is 59.2 Å². The first-order chi connectivity index (χ1) is 11.7. The fourth-order valence-electron chi connectivity index (χ4n) is 3.21. The Balaban J connectivity index is 3.03. The molecule has 0 aliphatic heterocycles. The average molecular weight is 340 g/mol. The van der Waals surface area contributed by atoms with Crippen molar-refractivity contribution < 1.29 is 0 Å². The normalized spacial score (nSPS) is 13.1. The summed E-state index contributed by atoms with van der Waals surface area (Å²) in [6.07, 6.45) is 7.09. The summed E-state index contributed by atoms with van der Waals surface area (Å²) >= 11 is 0. The van der Waals surface area contributed by atoms with E-state index < -0.39 is 0 Å². The smallest absolute Gasteiger partial charge is 0.0410 e. The summed E-state index contributed by atoms with van der Waals surface area (Å²) in [5, 5.41) is 0. The Morgan fingerprint density at radius 2 is 1.60 bits per heavy atom. The van der Waals surface area contributed by atoms with Gasteiger partial charge in [0.1, 0.15) is 0 Å². The predicted molar refractivity (Wildman–Crippen MR) is 113 cm³/mol. The number of rotatable bonds is 9. The molecule has 0 heterocycles. The Hall–Kier alpha value is -1.60. The largest absolute Gasteiger partial charge is 0.321 e. The molecule has 138 valence electrons. The van der Waals surface area contributed by atoms with E-state index in [-0.39, 0.29) is 5.54 Å². The van der Waals surface area contributed by atoms with Crippen molar-refractivity contribution in [3.8, 4) is 0 Å². The Morgan fingerprint density at radius 3 is 2.04 bits per heavy atom. The fourth-order valence-corrected chi connectivity index (χ4v) is 3.21. The second-order valence-electron chi connectivity index (χ2n) is 7.78. The Morgan fingerprint density at radius 1 is 1.04 bits per heavy atom. The van der Waals surface area contributed by atoms with Crippen molar-refractivity contribution in [2.24, 2.45) is 5.73 Å². The van der Waals surface area contributed by atoms with E-state index >= 15 is 0 Å². The molecule has 0 radical (unpaired) electrons. The summed E-state index contributed by atoms with van der Waals surface area (Å²) in [6, 6.07) is 8.86. The quantitative estimate of drug-likeness (QED) is 0.401. The zero-order valence-corrected chi connectivity index (χ0v) is 17.2. The molecule has 1 aromatic carbocycles. The molecule has 0 bridgehead atoms. The molecule has 0 spiro atoms. The first-order valence-electron chi connectivity index (χ1n) is 9.58. The Bertz CT molecular complexity index is 623. The van der Waals surface area contributed by atoms with Crippen molar-refractivity contribution in [1.82, 2.24) is 0 Å². The number of hydrogen-bond acceptors (Lipinski definition) is 1. The lowest BCUT2D eigenvalue weighted by Crippen LogP contribution is -2.42. The molecule has 0 amide bonds. The molecule has 1 unspecified atom stereocenters. The van der Waals surface area contributed by atoms with E-state index in [2.05, 4.69) is 78.5 Å². The first kappa shape index (κ1) is 21.4. The lowest BCUT2D eigenvalue weighted by Gasteiger charge is -2.33. The Labute approximate surface area is 155 Å². The third-order valence-corrected chi connectivity index (χ3v) is 4.86. The molecule has 2 N–H and O–H groups in total. The average Bonchev–Trinajstić information content (AvgIpc) is 2.54. The number of nitrogens with two attached hydrogens (primary N) is 1. The van der Waals surface area contributed by atoms with Crippen molar-refractivity contribution >= 4 is 0 Å². The van der Waals surface area contributed by atoms with Crippen molar-refractivity contribution in [2.75, 3.05) is 0 Å². The summed E-state index contributed by atoms with van der Waals surface area (Å²) in [5.41, 5.74) is 14.4. The van der Waals surface area contributed by atoms with Gasteiger partial charge in [-0.15, -0.1) is 0 Å². The molecule has 0 aromatic heterocycles. The molecule has 0 aliphatic carbocycles. The van der Waals surface area contributed by atoms with Crippen LogP contribution in [0, 0.1) is 0 Å². The maximum Gasteiger partial charge on any atom is 0.0410 e. The highest BCUT2D eigenvalue weighted by Crippen LogP contribution is 2.31. The SMILES string of the molecule is C=C(Cc1ccc(CC)cc1)C(N)(CCC)CC(C=C(C)C)=C(C)C. The molecule has 0 saturated heterocycles. The lowest BCUT2D eigenvalue weighted by atomic mass is 9.78. The lowest BCUT2D eigenvalue weighted by molar-refractivity contribution is 0.444. The van der Waals surface area contributed by atoms with E-state index in [1.807, 2.05) is 0 Å². The molecule has 1 atom stereocenters. The maximum atomic E-state index is 6.91. The van der Waals surface area contributed by atoms with Crippen molar-refractivity contribution in [1.29, 1.82) is 0 Å². The molecule has 0 fully saturated rings. The van der Waals surface area contributed by atoms with E-state index in [9.17, 15) is 0 Å². The third-order valence-electron chi connectivity index (χ3n) is 4.86. The van der Waals surface area contributed by atoms with Crippen molar-refractivity contribution in [3.05, 3.63) is 70.3 Å². The van der Waals surface area contributed by atoms with E-state index in [0.29, 0.717) is 0 Å². The highest BCUT2D eigenvalue weighted by molar-refractivity contribution is 5.35. The predicted octanol–water partition coefficient (Wildman–Crippen LogP) is 6.54. The van der Waals surface area contributed by atoms with Crippen LogP contribution in [0.25, 0.3) is 0 Å². The fraction of sp³-hybridized carbons (Fsp3) is 0.500. The van der Waals surface area contributed by atoms with Crippen LogP contribution in [-0.4, -0.2) is 5.54 Å². The van der Waals surface area contributed by atoms with Gasteiger partial charge in [-0.05, 0) is 70.1 Å². The van der Waals surface area contributed by atoms with E-state index in [4.69, 9.17) is 5.73 Å². The molecule has 1 nitrogen and oxygen atoms in total. The molecular weight excluding hydrogens is 302 g/mol. The molecule has 25 heavy (non-hydrogen) atoms. The third kappa shape index (κ3) is 6.66. The van der Waals surface area contributed by atoms with Crippen LogP contribution in [0.1, 0.15) is 71.9 Å². The number of aryl methyl sites for hydroxylation is 1. The van der Waals surface area contributed by atoms with Crippen LogP contribution in [0.5, 0.6) is 0 Å². The summed E-state index contributed by atoms with van der Waals surface area (Å²) < 4.78 is 0. The monoisotopic (exact) mass is 339 g/mol. The van der Waals surface area contributed by atoms with Gasteiger partial charge in [0.15, 0.2) is 0 Å². The van der Waals surface area contributed by atoms with Gasteiger partial charge in [0.05, 0.1) is 0 Å². The summed E-state index contributed by atoms with van der Waals surface area (Å²) in [6.45, 7) is 17.4. The van der Waals surface area contributed by atoms with Gasteiger partial charge in [-0.3, -0.25) is 0 Å². The van der Waals surface area contributed by atoms with Crippen LogP contribution >= 0.6 is 0 Å². The molecular formula is C24H37N. The standard InChI is InChI=1S/C24H37N/c1-8-14-24(25,17-23(19(5)6)15-18(3)4)20(7)16-22-12-10-21(9-2)11-13-22/h10-13,15H,7-9,14,16-17,25H2,1-6H3. The van der Waals surface area contributed by atoms with Gasteiger partial charge < -0.3 is 5.73 Å². The van der Waals surface area contributed by atoms with Gasteiger partial charge in [0, 0.05) is 5.54 Å². The van der Waals surface area contributed by atoms with Gasteiger partial charge in [-0.2, -0.15) is 0 Å². The van der Waals surface area contributed by atoms with Gasteiger partial charge in [-0.1, -0.05) is 73.9 Å². The summed E-state index contributed by atoms with van der Waals surface area (Å²) in [4.78, 5) is 0. The van der Waals surface area contributed by atoms with Crippen LogP contribution in [-0.2, 0) is 12.8 Å². The van der Waals surface area contributed by atoms with Gasteiger partial charge >= 0.3 is 0 Å². The second-order valence-corrected chi connectivity index (χ2v) is 7.78. The summed E-state index contributed by atoms with van der Waals surface area (Å²) in [5.74, 6) is 0. The maximum absolute atomic E-state index is 6.91. The van der Waals surface area contributed by atoms with Crippen LogP contribution in [0.4, 0.5) is 0 Å².